The van der Waals surface area contributed by atoms with E-state index in [9.17, 15) is 12.8 Å². The monoisotopic (exact) mass is 429 g/mol. The first-order valence-corrected chi connectivity index (χ1v) is 11.5. The van der Waals surface area contributed by atoms with Crippen LogP contribution in [0.3, 0.4) is 0 Å². The van der Waals surface area contributed by atoms with Crippen LogP contribution in [0.4, 0.5) is 4.39 Å². The highest BCUT2D eigenvalue weighted by Gasteiger charge is 2.24. The van der Waals surface area contributed by atoms with Crippen LogP contribution in [-0.2, 0) is 14.8 Å². The molecular formula is C19H32FN5O3S. The van der Waals surface area contributed by atoms with Crippen LogP contribution in [-0.4, -0.2) is 77.5 Å². The molecule has 0 aromatic heterocycles. The maximum atomic E-state index is 13.4. The van der Waals surface area contributed by atoms with E-state index in [1.165, 1.54) is 12.1 Å². The second-order valence-electron chi connectivity index (χ2n) is 7.78. The molecule has 10 heteroatoms. The molecule has 1 fully saturated rings. The summed E-state index contributed by atoms with van der Waals surface area (Å²) in [4.78, 5) is 6.52. The number of ether oxygens (including phenoxy) is 1. The molecule has 0 bridgehead atoms. The average Bonchev–Trinajstić information content (AvgIpc) is 2.64. The summed E-state index contributed by atoms with van der Waals surface area (Å²) in [5.41, 5.74) is 0.335. The highest BCUT2D eigenvalue weighted by Crippen LogP contribution is 2.21. The van der Waals surface area contributed by atoms with E-state index in [2.05, 4.69) is 25.2 Å². The molecule has 1 unspecified atom stereocenters. The second-order valence-corrected chi connectivity index (χ2v) is 9.53. The minimum Gasteiger partial charge on any atom is -0.379 e. The largest absolute Gasteiger partial charge is 0.379 e. The molecule has 0 radical (unpaired) electrons. The number of hydrogen-bond donors (Lipinski definition) is 3. The molecule has 8 nitrogen and oxygen atoms in total. The first kappa shape index (κ1) is 23.5. The van der Waals surface area contributed by atoms with Gasteiger partial charge in [-0.3, -0.25) is 9.89 Å². The fraction of sp³-hybridized carbons (Fsp3) is 0.632. The van der Waals surface area contributed by atoms with Gasteiger partial charge >= 0.3 is 0 Å². The maximum absolute atomic E-state index is 13.4. The van der Waals surface area contributed by atoms with E-state index >= 15 is 0 Å². The van der Waals surface area contributed by atoms with Crippen molar-refractivity contribution in [2.24, 2.45) is 4.99 Å². The summed E-state index contributed by atoms with van der Waals surface area (Å²) in [7, 11) is -1.65. The first-order valence-electron chi connectivity index (χ1n) is 9.60. The molecule has 1 aromatic carbocycles. The number of sulfonamides is 1. The molecule has 0 amide bonds. The number of rotatable bonds is 8. The zero-order chi connectivity index (χ0) is 21.5. The fourth-order valence-corrected chi connectivity index (χ4v) is 4.36. The number of hydrogen-bond acceptors (Lipinski definition) is 5. The Bertz CT molecular complexity index is 778. The third-order valence-corrected chi connectivity index (χ3v) is 5.51. The van der Waals surface area contributed by atoms with Gasteiger partial charge in [0.2, 0.25) is 10.0 Å². The number of morpholine rings is 1. The van der Waals surface area contributed by atoms with Crippen molar-refractivity contribution in [1.29, 1.82) is 0 Å². The zero-order valence-corrected chi connectivity index (χ0v) is 18.4. The number of guanidine groups is 1. The molecule has 0 saturated carbocycles. The van der Waals surface area contributed by atoms with Gasteiger partial charge in [-0.1, -0.05) is 12.1 Å². The molecule has 1 atom stereocenters. The maximum Gasteiger partial charge on any atom is 0.209 e. The average molecular weight is 430 g/mol. The van der Waals surface area contributed by atoms with Crippen LogP contribution >= 0.6 is 0 Å². The van der Waals surface area contributed by atoms with E-state index in [-0.39, 0.29) is 11.9 Å². The molecule has 0 spiro atoms. The van der Waals surface area contributed by atoms with Gasteiger partial charge < -0.3 is 15.4 Å². The Kier molecular flexibility index (Phi) is 8.38. The first-order chi connectivity index (χ1) is 13.6. The highest BCUT2D eigenvalue weighted by atomic mass is 32.2. The number of halogens is 1. The van der Waals surface area contributed by atoms with Crippen molar-refractivity contribution in [3.05, 3.63) is 35.6 Å². The van der Waals surface area contributed by atoms with E-state index in [0.717, 1.165) is 24.9 Å². The molecule has 1 aliphatic heterocycles. The summed E-state index contributed by atoms with van der Waals surface area (Å²) >= 11 is 0. The van der Waals surface area contributed by atoms with E-state index < -0.39 is 15.6 Å². The van der Waals surface area contributed by atoms with Gasteiger partial charge in [-0.2, -0.15) is 0 Å². The van der Waals surface area contributed by atoms with Crippen LogP contribution in [0.2, 0.25) is 0 Å². The lowest BCUT2D eigenvalue weighted by molar-refractivity contribution is 0.0170. The predicted octanol–water partition coefficient (Wildman–Crippen LogP) is 0.692. The Morgan fingerprint density at radius 3 is 2.41 bits per heavy atom. The van der Waals surface area contributed by atoms with E-state index in [1.54, 1.807) is 33.0 Å². The van der Waals surface area contributed by atoms with Gasteiger partial charge in [-0.05, 0) is 31.5 Å². The molecule has 2 rings (SSSR count). The second kappa shape index (κ2) is 10.3. The SMILES string of the molecule is CN=C(NCC(c1ccc(F)cc1)N1CCOCC1)NCC(C)(C)NS(C)(=O)=O. The quantitative estimate of drug-likeness (QED) is 0.416. The Morgan fingerprint density at radius 1 is 1.24 bits per heavy atom. The normalized spacial score (nSPS) is 17.8. The molecule has 1 aliphatic rings. The lowest BCUT2D eigenvalue weighted by Crippen LogP contribution is -2.53. The third kappa shape index (κ3) is 8.25. The lowest BCUT2D eigenvalue weighted by Gasteiger charge is -2.35. The number of benzene rings is 1. The summed E-state index contributed by atoms with van der Waals surface area (Å²) in [5, 5.41) is 6.46. The minimum absolute atomic E-state index is 0.0280. The van der Waals surface area contributed by atoms with Gasteiger partial charge in [0.05, 0.1) is 25.5 Å². The minimum atomic E-state index is -3.32. The van der Waals surface area contributed by atoms with Crippen molar-refractivity contribution < 1.29 is 17.5 Å². The molecule has 1 saturated heterocycles. The molecular weight excluding hydrogens is 397 g/mol. The third-order valence-electron chi connectivity index (χ3n) is 4.59. The summed E-state index contributed by atoms with van der Waals surface area (Å²) in [5.74, 6) is 0.300. The van der Waals surface area contributed by atoms with Crippen molar-refractivity contribution in [2.45, 2.75) is 25.4 Å². The van der Waals surface area contributed by atoms with Gasteiger partial charge in [0.25, 0.3) is 0 Å². The van der Waals surface area contributed by atoms with Crippen molar-refractivity contribution in [2.75, 3.05) is 52.7 Å². The number of aliphatic imine (C=N–C) groups is 1. The van der Waals surface area contributed by atoms with Crippen LogP contribution in [0.15, 0.2) is 29.3 Å². The Morgan fingerprint density at radius 2 is 1.86 bits per heavy atom. The Balaban J connectivity index is 2.01. The van der Waals surface area contributed by atoms with Gasteiger partial charge in [0.15, 0.2) is 5.96 Å². The van der Waals surface area contributed by atoms with Crippen LogP contribution in [0.1, 0.15) is 25.5 Å². The fourth-order valence-electron chi connectivity index (χ4n) is 3.29. The standard InChI is InChI=1S/C19H32FN5O3S/c1-19(2,24-29(4,26)27)14-23-18(21-3)22-13-17(25-9-11-28-12-10-25)15-5-7-16(20)8-6-15/h5-8,17,24H,9-14H2,1-4H3,(H2,21,22,23). The molecule has 3 N–H and O–H groups in total. The summed E-state index contributed by atoms with van der Waals surface area (Å²) in [6.45, 7) is 7.42. The van der Waals surface area contributed by atoms with Crippen LogP contribution in [0.5, 0.6) is 0 Å². The van der Waals surface area contributed by atoms with Crippen molar-refractivity contribution >= 4 is 16.0 Å². The zero-order valence-electron chi connectivity index (χ0n) is 17.5. The Hall–Kier alpha value is -1.75. The Labute approximate surface area is 173 Å². The number of nitrogens with one attached hydrogen (secondary N) is 3. The summed E-state index contributed by atoms with van der Waals surface area (Å²) in [6, 6.07) is 6.56. The summed E-state index contributed by atoms with van der Waals surface area (Å²) < 4.78 is 44.4. The molecule has 1 aromatic rings. The number of nitrogens with zero attached hydrogens (tertiary/aromatic N) is 2. The van der Waals surface area contributed by atoms with Gasteiger partial charge in [-0.25, -0.2) is 17.5 Å². The molecule has 164 valence electrons. The highest BCUT2D eigenvalue weighted by molar-refractivity contribution is 7.88. The molecule has 1 heterocycles. The van der Waals surface area contributed by atoms with Gasteiger partial charge in [-0.15, -0.1) is 0 Å². The molecule has 29 heavy (non-hydrogen) atoms. The van der Waals surface area contributed by atoms with Crippen LogP contribution < -0.4 is 15.4 Å². The van der Waals surface area contributed by atoms with Gasteiger partial charge in [0, 0.05) is 38.8 Å². The van der Waals surface area contributed by atoms with E-state index in [1.807, 2.05) is 0 Å². The van der Waals surface area contributed by atoms with Crippen LogP contribution in [0.25, 0.3) is 0 Å². The predicted molar refractivity (Wildman–Crippen MR) is 113 cm³/mol. The van der Waals surface area contributed by atoms with Gasteiger partial charge in [0.1, 0.15) is 5.82 Å². The van der Waals surface area contributed by atoms with Crippen molar-refractivity contribution in [3.8, 4) is 0 Å². The van der Waals surface area contributed by atoms with Crippen molar-refractivity contribution in [1.82, 2.24) is 20.3 Å². The molecule has 0 aliphatic carbocycles. The van der Waals surface area contributed by atoms with E-state index in [0.29, 0.717) is 32.3 Å². The topological polar surface area (TPSA) is 95.1 Å². The van der Waals surface area contributed by atoms with Crippen LogP contribution in [0, 0.1) is 5.82 Å². The smallest absolute Gasteiger partial charge is 0.209 e. The van der Waals surface area contributed by atoms with Crippen molar-refractivity contribution in [3.63, 3.8) is 0 Å². The summed E-state index contributed by atoms with van der Waals surface area (Å²) in [6.07, 6.45) is 1.14. The lowest BCUT2D eigenvalue weighted by atomic mass is 10.0. The van der Waals surface area contributed by atoms with E-state index in [4.69, 9.17) is 4.74 Å².